The van der Waals surface area contributed by atoms with Crippen molar-refractivity contribution in [2.75, 3.05) is 0 Å². The first-order chi connectivity index (χ1) is 8.27. The largest absolute Gasteiger partial charge is 0.369 e. The van der Waals surface area contributed by atoms with Gasteiger partial charge < -0.3 is 5.11 Å². The van der Waals surface area contributed by atoms with Gasteiger partial charge in [-0.1, -0.05) is 54.5 Å². The van der Waals surface area contributed by atoms with E-state index in [0.29, 0.717) is 0 Å². The van der Waals surface area contributed by atoms with E-state index in [0.717, 1.165) is 22.3 Å². The van der Waals surface area contributed by atoms with Crippen molar-refractivity contribution in [2.24, 2.45) is 0 Å². The van der Waals surface area contributed by atoms with Crippen LogP contribution in [0.25, 0.3) is 11.1 Å². The van der Waals surface area contributed by atoms with Gasteiger partial charge >= 0.3 is 0 Å². The Morgan fingerprint density at radius 3 is 1.82 bits per heavy atom. The molecule has 82 valence electrons. The van der Waals surface area contributed by atoms with Crippen molar-refractivity contribution in [3.8, 4) is 23.0 Å². The highest BCUT2D eigenvalue weighted by molar-refractivity contribution is 5.81. The highest BCUT2D eigenvalue weighted by Crippen LogP contribution is 2.46. The predicted octanol–water partition coefficient (Wildman–Crippen LogP) is 2.93. The lowest BCUT2D eigenvalue weighted by atomic mass is 9.92. The molecule has 17 heavy (non-hydrogen) atoms. The maximum absolute atomic E-state index is 10.8. The zero-order chi connectivity index (χ0) is 11.9. The number of rotatable bonds is 0. The second kappa shape index (κ2) is 3.48. The Morgan fingerprint density at radius 2 is 1.35 bits per heavy atom. The highest BCUT2D eigenvalue weighted by atomic mass is 16.3. The summed E-state index contributed by atoms with van der Waals surface area (Å²) in [6.07, 6.45) is 0. The van der Waals surface area contributed by atoms with E-state index in [2.05, 4.69) is 11.8 Å². The zero-order valence-electron chi connectivity index (χ0n) is 9.57. The van der Waals surface area contributed by atoms with Crippen LogP contribution < -0.4 is 0 Å². The molecule has 1 aliphatic rings. The van der Waals surface area contributed by atoms with Gasteiger partial charge in [-0.2, -0.15) is 0 Å². The first-order valence-corrected chi connectivity index (χ1v) is 5.63. The van der Waals surface area contributed by atoms with Crippen molar-refractivity contribution in [1.82, 2.24) is 0 Å². The molecule has 0 saturated carbocycles. The second-order valence-corrected chi connectivity index (χ2v) is 4.18. The number of hydrogen-bond donors (Lipinski definition) is 1. The monoisotopic (exact) mass is 220 g/mol. The van der Waals surface area contributed by atoms with Crippen LogP contribution in [0.4, 0.5) is 0 Å². The van der Waals surface area contributed by atoms with Gasteiger partial charge in [0.1, 0.15) is 0 Å². The Bertz CT molecular complexity index is 598. The van der Waals surface area contributed by atoms with Crippen molar-refractivity contribution in [3.63, 3.8) is 0 Å². The van der Waals surface area contributed by atoms with Crippen molar-refractivity contribution < 1.29 is 5.11 Å². The molecule has 0 heterocycles. The molecule has 0 amide bonds. The Kier molecular flexibility index (Phi) is 2.07. The molecule has 0 fully saturated rings. The molecule has 3 rings (SSSR count). The fourth-order valence-electron chi connectivity index (χ4n) is 2.53. The maximum Gasteiger partial charge on any atom is 0.178 e. The lowest BCUT2D eigenvalue weighted by molar-refractivity contribution is 0.150. The van der Waals surface area contributed by atoms with Gasteiger partial charge in [0.2, 0.25) is 0 Å². The highest BCUT2D eigenvalue weighted by Gasteiger charge is 2.39. The molecule has 0 atom stereocenters. The molecule has 0 radical (unpaired) electrons. The molecule has 0 saturated heterocycles. The quantitative estimate of drug-likeness (QED) is 0.677. The molecule has 0 aliphatic heterocycles. The SMILES string of the molecule is CC#CC1(O)c2ccccc2-c2ccccc21. The van der Waals surface area contributed by atoms with Crippen LogP contribution in [0.5, 0.6) is 0 Å². The van der Waals surface area contributed by atoms with Crippen LogP contribution in [-0.2, 0) is 5.60 Å². The molecule has 2 aromatic carbocycles. The molecule has 0 aromatic heterocycles. The lowest BCUT2D eigenvalue weighted by Crippen LogP contribution is -2.21. The van der Waals surface area contributed by atoms with Crippen molar-refractivity contribution in [3.05, 3.63) is 59.7 Å². The van der Waals surface area contributed by atoms with Gasteiger partial charge in [-0.3, -0.25) is 0 Å². The van der Waals surface area contributed by atoms with Crippen LogP contribution in [0.2, 0.25) is 0 Å². The summed E-state index contributed by atoms with van der Waals surface area (Å²) < 4.78 is 0. The number of benzene rings is 2. The fourth-order valence-corrected chi connectivity index (χ4v) is 2.53. The maximum atomic E-state index is 10.8. The summed E-state index contributed by atoms with van der Waals surface area (Å²) in [4.78, 5) is 0. The average molecular weight is 220 g/mol. The summed E-state index contributed by atoms with van der Waals surface area (Å²) in [5.74, 6) is 5.77. The topological polar surface area (TPSA) is 20.2 Å². The van der Waals surface area contributed by atoms with E-state index in [1.165, 1.54) is 0 Å². The molecule has 1 aliphatic carbocycles. The van der Waals surface area contributed by atoms with Crippen LogP contribution in [0.15, 0.2) is 48.5 Å². The smallest absolute Gasteiger partial charge is 0.178 e. The van der Waals surface area contributed by atoms with Gasteiger partial charge in [0.15, 0.2) is 5.60 Å². The van der Waals surface area contributed by atoms with Crippen LogP contribution in [0.1, 0.15) is 18.1 Å². The summed E-state index contributed by atoms with van der Waals surface area (Å²) in [5, 5.41) is 10.8. The summed E-state index contributed by atoms with van der Waals surface area (Å²) in [6.45, 7) is 1.75. The van der Waals surface area contributed by atoms with E-state index in [1.54, 1.807) is 6.92 Å². The second-order valence-electron chi connectivity index (χ2n) is 4.18. The summed E-state index contributed by atoms with van der Waals surface area (Å²) in [7, 11) is 0. The Morgan fingerprint density at radius 1 is 0.882 bits per heavy atom. The number of hydrogen-bond acceptors (Lipinski definition) is 1. The first-order valence-electron chi connectivity index (χ1n) is 5.63. The van der Waals surface area contributed by atoms with Crippen LogP contribution in [-0.4, -0.2) is 5.11 Å². The van der Waals surface area contributed by atoms with Gasteiger partial charge in [-0.15, -0.1) is 5.92 Å². The van der Waals surface area contributed by atoms with Gasteiger partial charge in [0, 0.05) is 11.1 Å². The van der Waals surface area contributed by atoms with E-state index in [4.69, 9.17) is 0 Å². The Hall–Kier alpha value is -2.04. The van der Waals surface area contributed by atoms with Crippen LogP contribution in [0, 0.1) is 11.8 Å². The lowest BCUT2D eigenvalue weighted by Gasteiger charge is -2.18. The molecule has 0 spiro atoms. The van der Waals surface area contributed by atoms with Crippen LogP contribution in [0.3, 0.4) is 0 Å². The van der Waals surface area contributed by atoms with E-state index >= 15 is 0 Å². The average Bonchev–Trinajstić information content (AvgIpc) is 2.62. The number of fused-ring (bicyclic) bond motifs is 3. The fraction of sp³-hybridized carbons (Fsp3) is 0.125. The molecule has 0 bridgehead atoms. The molecule has 0 unspecified atom stereocenters. The predicted molar refractivity (Wildman–Crippen MR) is 68.3 cm³/mol. The molecule has 1 nitrogen and oxygen atoms in total. The standard InChI is InChI=1S/C16H12O/c1-2-11-16(17)14-9-5-3-7-12(14)13-8-4-6-10-15(13)16/h3-10,17H,1H3. The van der Waals surface area contributed by atoms with E-state index < -0.39 is 5.60 Å². The van der Waals surface area contributed by atoms with Gasteiger partial charge in [0.05, 0.1) is 0 Å². The van der Waals surface area contributed by atoms with Gasteiger partial charge in [-0.05, 0) is 18.1 Å². The first kappa shape index (κ1) is 10.1. The summed E-state index contributed by atoms with van der Waals surface area (Å²) in [6, 6.07) is 15.8. The molecule has 1 N–H and O–H groups in total. The minimum Gasteiger partial charge on any atom is -0.369 e. The van der Waals surface area contributed by atoms with E-state index in [-0.39, 0.29) is 0 Å². The van der Waals surface area contributed by atoms with E-state index in [9.17, 15) is 5.11 Å². The Balaban J connectivity index is 2.41. The normalized spacial score (nSPS) is 14.5. The summed E-state index contributed by atoms with van der Waals surface area (Å²) >= 11 is 0. The van der Waals surface area contributed by atoms with Crippen molar-refractivity contribution in [2.45, 2.75) is 12.5 Å². The minimum atomic E-state index is -1.15. The zero-order valence-corrected chi connectivity index (χ0v) is 9.57. The third-order valence-corrected chi connectivity index (χ3v) is 3.23. The molecule has 1 heteroatoms. The van der Waals surface area contributed by atoms with Crippen molar-refractivity contribution in [1.29, 1.82) is 0 Å². The third kappa shape index (κ3) is 1.25. The van der Waals surface area contributed by atoms with Crippen molar-refractivity contribution >= 4 is 0 Å². The summed E-state index contributed by atoms with van der Waals surface area (Å²) in [5.41, 5.74) is 2.77. The van der Waals surface area contributed by atoms with Gasteiger partial charge in [0.25, 0.3) is 0 Å². The third-order valence-electron chi connectivity index (χ3n) is 3.23. The molecule has 2 aromatic rings. The minimum absolute atomic E-state index is 0.885. The number of aliphatic hydroxyl groups is 1. The van der Waals surface area contributed by atoms with E-state index in [1.807, 2.05) is 48.5 Å². The molecular weight excluding hydrogens is 208 g/mol. The van der Waals surface area contributed by atoms with Gasteiger partial charge in [-0.25, -0.2) is 0 Å². The van der Waals surface area contributed by atoms with Crippen LogP contribution >= 0.6 is 0 Å². The molecular formula is C16H12O. The Labute approximate surface area is 101 Å².